The summed E-state index contributed by atoms with van der Waals surface area (Å²) >= 11 is 13.3. The van der Waals surface area contributed by atoms with Crippen LogP contribution < -0.4 is 9.47 Å². The molecule has 0 spiro atoms. The van der Waals surface area contributed by atoms with Crippen molar-refractivity contribution in [2.75, 3.05) is 0 Å². The van der Waals surface area contributed by atoms with Crippen LogP contribution >= 0.6 is 63.7 Å². The van der Waals surface area contributed by atoms with Crippen LogP contribution in [-0.2, 0) is 4.79 Å². The topological polar surface area (TPSA) is 55.8 Å². The molecule has 2 aromatic rings. The fraction of sp³-hybridized carbons (Fsp3) is 0.133. The minimum atomic E-state index is -0.316. The Morgan fingerprint density at radius 1 is 0.957 bits per heavy atom. The molecule has 2 rings (SSSR count). The van der Waals surface area contributed by atoms with Crippen molar-refractivity contribution in [1.29, 1.82) is 0 Å². The van der Waals surface area contributed by atoms with Crippen LogP contribution in [0.15, 0.2) is 42.2 Å². The number of carbonyl (C=O) groups is 1. The lowest BCUT2D eigenvalue weighted by Gasteiger charge is -2.13. The number of ether oxygens (including phenoxy) is 2. The Bertz CT molecular complexity index is 715. The molecule has 0 aliphatic rings. The Labute approximate surface area is 166 Å². The Morgan fingerprint density at radius 3 is 1.91 bits per heavy atom. The first-order valence-corrected chi connectivity index (χ1v) is 9.54. The molecule has 0 saturated heterocycles. The lowest BCUT2D eigenvalue weighted by Crippen LogP contribution is -2.05. The van der Waals surface area contributed by atoms with Gasteiger partial charge in [0.05, 0.1) is 17.9 Å². The number of rotatable bonds is 4. The van der Waals surface area contributed by atoms with Gasteiger partial charge in [-0.1, -0.05) is 6.92 Å². The van der Waals surface area contributed by atoms with E-state index in [0.717, 1.165) is 0 Å². The molecule has 1 N–H and O–H groups in total. The average Bonchev–Trinajstić information content (AvgIpc) is 2.48. The van der Waals surface area contributed by atoms with Gasteiger partial charge in [-0.25, -0.2) is 0 Å². The average molecular weight is 574 g/mol. The van der Waals surface area contributed by atoms with E-state index in [0.29, 0.717) is 41.6 Å². The number of phenolic OH excluding ortho intramolecular Hbond substituents is 1. The van der Waals surface area contributed by atoms with E-state index < -0.39 is 0 Å². The number of hydrogen-bond donors (Lipinski definition) is 1. The van der Waals surface area contributed by atoms with E-state index in [1.165, 1.54) is 0 Å². The van der Waals surface area contributed by atoms with E-state index in [2.05, 4.69) is 63.7 Å². The van der Waals surface area contributed by atoms with Crippen molar-refractivity contribution >= 4 is 69.7 Å². The smallest absolute Gasteiger partial charge is 0.310 e. The molecule has 0 atom stereocenters. The second-order valence-electron chi connectivity index (χ2n) is 4.38. The van der Waals surface area contributed by atoms with Gasteiger partial charge in [0.15, 0.2) is 5.75 Å². The maximum Gasteiger partial charge on any atom is 0.310 e. The maximum absolute atomic E-state index is 11.4. The second kappa shape index (κ2) is 8.00. The molecule has 0 aliphatic carbocycles. The standard InChI is InChI=1S/C15H10Br4O4/c1-2-13(20)22-7-5-11(18)15(12(19)6-7)23-8-3-9(16)14(21)10(17)4-8/h3-6,21H,2H2,1H3. The number of aromatic hydroxyl groups is 1. The molecule has 0 aromatic heterocycles. The highest BCUT2D eigenvalue weighted by Crippen LogP contribution is 2.43. The molecule has 8 heteroatoms. The predicted octanol–water partition coefficient (Wildman–Crippen LogP) is 6.55. The lowest BCUT2D eigenvalue weighted by atomic mass is 10.3. The Morgan fingerprint density at radius 2 is 1.43 bits per heavy atom. The summed E-state index contributed by atoms with van der Waals surface area (Å²) in [5.74, 6) is 1.23. The van der Waals surface area contributed by atoms with Gasteiger partial charge in [0.2, 0.25) is 0 Å². The van der Waals surface area contributed by atoms with E-state index in [-0.39, 0.29) is 11.7 Å². The Hall–Kier alpha value is -0.570. The van der Waals surface area contributed by atoms with Crippen LogP contribution in [-0.4, -0.2) is 11.1 Å². The van der Waals surface area contributed by atoms with E-state index >= 15 is 0 Å². The summed E-state index contributed by atoms with van der Waals surface area (Å²) < 4.78 is 13.3. The van der Waals surface area contributed by atoms with Gasteiger partial charge in [-0.15, -0.1) is 0 Å². The summed E-state index contributed by atoms with van der Waals surface area (Å²) in [5.41, 5.74) is 0. The normalized spacial score (nSPS) is 10.5. The Kier molecular flexibility index (Phi) is 6.53. The van der Waals surface area contributed by atoms with Crippen LogP contribution in [0.3, 0.4) is 0 Å². The van der Waals surface area contributed by atoms with Gasteiger partial charge in [-0.05, 0) is 88.0 Å². The van der Waals surface area contributed by atoms with Gasteiger partial charge in [0.25, 0.3) is 0 Å². The van der Waals surface area contributed by atoms with Crippen LogP contribution in [0.1, 0.15) is 13.3 Å². The lowest BCUT2D eigenvalue weighted by molar-refractivity contribution is -0.134. The quantitative estimate of drug-likeness (QED) is 0.333. The molecule has 23 heavy (non-hydrogen) atoms. The fourth-order valence-electron chi connectivity index (χ4n) is 1.62. The van der Waals surface area contributed by atoms with Crippen molar-refractivity contribution in [2.45, 2.75) is 13.3 Å². The van der Waals surface area contributed by atoms with E-state index in [1.54, 1.807) is 31.2 Å². The summed E-state index contributed by atoms with van der Waals surface area (Å²) in [6.45, 7) is 1.73. The summed E-state index contributed by atoms with van der Waals surface area (Å²) in [5, 5.41) is 9.73. The van der Waals surface area contributed by atoms with E-state index in [9.17, 15) is 9.90 Å². The molecular weight excluding hydrogens is 564 g/mol. The number of benzene rings is 2. The molecule has 0 amide bonds. The molecule has 0 bridgehead atoms. The number of hydrogen-bond acceptors (Lipinski definition) is 4. The summed E-state index contributed by atoms with van der Waals surface area (Å²) in [6.07, 6.45) is 0.295. The summed E-state index contributed by atoms with van der Waals surface area (Å²) in [6, 6.07) is 6.59. The van der Waals surface area contributed by atoms with Crippen LogP contribution in [0.25, 0.3) is 0 Å². The SMILES string of the molecule is CCC(=O)Oc1cc(Br)c(Oc2cc(Br)c(O)c(Br)c2)c(Br)c1. The zero-order valence-electron chi connectivity index (χ0n) is 11.7. The molecule has 4 nitrogen and oxygen atoms in total. The van der Waals surface area contributed by atoms with Crippen molar-refractivity contribution in [3.05, 3.63) is 42.2 Å². The Balaban J connectivity index is 2.32. The number of esters is 1. The third-order valence-electron chi connectivity index (χ3n) is 2.70. The van der Waals surface area contributed by atoms with Crippen molar-refractivity contribution in [3.63, 3.8) is 0 Å². The van der Waals surface area contributed by atoms with Gasteiger partial charge in [-0.3, -0.25) is 4.79 Å². The molecular formula is C15H10Br4O4. The zero-order valence-corrected chi connectivity index (χ0v) is 18.0. The number of halogens is 4. The predicted molar refractivity (Wildman–Crippen MR) is 101 cm³/mol. The molecule has 0 unspecified atom stereocenters. The number of phenols is 1. The summed E-state index contributed by atoms with van der Waals surface area (Å²) in [4.78, 5) is 11.4. The highest BCUT2D eigenvalue weighted by atomic mass is 79.9. The van der Waals surface area contributed by atoms with Crippen LogP contribution in [0.2, 0.25) is 0 Å². The third kappa shape index (κ3) is 4.71. The van der Waals surface area contributed by atoms with Gasteiger partial charge in [0.1, 0.15) is 17.2 Å². The fourth-order valence-corrected chi connectivity index (χ4v) is 4.07. The monoisotopic (exact) mass is 570 g/mol. The van der Waals surface area contributed by atoms with Crippen molar-refractivity contribution in [1.82, 2.24) is 0 Å². The minimum Gasteiger partial charge on any atom is -0.506 e. The van der Waals surface area contributed by atoms with Crippen molar-refractivity contribution in [3.8, 4) is 23.0 Å². The largest absolute Gasteiger partial charge is 0.506 e. The first kappa shape index (κ1) is 18.8. The highest BCUT2D eigenvalue weighted by Gasteiger charge is 2.14. The molecule has 0 saturated carbocycles. The van der Waals surface area contributed by atoms with Gasteiger partial charge in [-0.2, -0.15) is 0 Å². The third-order valence-corrected chi connectivity index (χ3v) is 5.09. The second-order valence-corrected chi connectivity index (χ2v) is 7.80. The maximum atomic E-state index is 11.4. The van der Waals surface area contributed by atoms with E-state index in [4.69, 9.17) is 9.47 Å². The van der Waals surface area contributed by atoms with Crippen LogP contribution in [0, 0.1) is 0 Å². The molecule has 0 heterocycles. The molecule has 122 valence electrons. The van der Waals surface area contributed by atoms with Crippen LogP contribution in [0.5, 0.6) is 23.0 Å². The molecule has 0 fully saturated rings. The van der Waals surface area contributed by atoms with Crippen molar-refractivity contribution < 1.29 is 19.4 Å². The van der Waals surface area contributed by atoms with Crippen molar-refractivity contribution in [2.24, 2.45) is 0 Å². The molecule has 2 aromatic carbocycles. The first-order chi connectivity index (χ1) is 10.8. The minimum absolute atomic E-state index is 0.0947. The highest BCUT2D eigenvalue weighted by molar-refractivity contribution is 9.11. The number of carbonyl (C=O) groups excluding carboxylic acids is 1. The van der Waals surface area contributed by atoms with Gasteiger partial charge < -0.3 is 14.6 Å². The van der Waals surface area contributed by atoms with Gasteiger partial charge in [0, 0.05) is 6.42 Å². The first-order valence-electron chi connectivity index (χ1n) is 6.37. The molecule has 0 radical (unpaired) electrons. The molecule has 0 aliphatic heterocycles. The van der Waals surface area contributed by atoms with Gasteiger partial charge >= 0.3 is 5.97 Å². The van der Waals surface area contributed by atoms with E-state index in [1.807, 2.05) is 0 Å². The summed E-state index contributed by atoms with van der Waals surface area (Å²) in [7, 11) is 0. The van der Waals surface area contributed by atoms with Crippen LogP contribution in [0.4, 0.5) is 0 Å². The zero-order chi connectivity index (χ0) is 17.1.